The Hall–Kier alpha value is -0.0800. The Morgan fingerprint density at radius 2 is 1.94 bits per heavy atom. The predicted molar refractivity (Wildman–Crippen MR) is 76.6 cm³/mol. The number of likely N-dealkylation sites (tertiary alicyclic amines) is 1. The normalized spacial score (nSPS) is 36.2. The van der Waals surface area contributed by atoms with Crippen LogP contribution in [0.15, 0.2) is 0 Å². The summed E-state index contributed by atoms with van der Waals surface area (Å²) in [5, 5.41) is 3.51. The van der Waals surface area contributed by atoms with Gasteiger partial charge in [-0.25, -0.2) is 0 Å². The third kappa shape index (κ3) is 2.46. The van der Waals surface area contributed by atoms with Gasteiger partial charge in [0.1, 0.15) is 0 Å². The fourth-order valence-corrected chi connectivity index (χ4v) is 4.24. The number of hydrogen-bond acceptors (Lipinski definition) is 2. The molecule has 0 aromatic rings. The van der Waals surface area contributed by atoms with Gasteiger partial charge in [-0.1, -0.05) is 20.8 Å². The van der Waals surface area contributed by atoms with Crippen LogP contribution in [0.25, 0.3) is 0 Å². The molecule has 3 fully saturated rings. The van der Waals surface area contributed by atoms with E-state index in [1.165, 1.54) is 58.4 Å². The van der Waals surface area contributed by atoms with Crippen LogP contribution in [0.4, 0.5) is 0 Å². The van der Waals surface area contributed by atoms with Crippen LogP contribution < -0.4 is 5.32 Å². The van der Waals surface area contributed by atoms with E-state index in [2.05, 4.69) is 31.0 Å². The maximum absolute atomic E-state index is 3.51. The highest BCUT2D eigenvalue weighted by Crippen LogP contribution is 2.59. The van der Waals surface area contributed by atoms with Crippen molar-refractivity contribution < 1.29 is 0 Å². The average molecular weight is 250 g/mol. The van der Waals surface area contributed by atoms with E-state index in [0.29, 0.717) is 5.41 Å². The summed E-state index contributed by atoms with van der Waals surface area (Å²) in [6.45, 7) is 13.9. The Kier molecular flexibility index (Phi) is 3.22. The highest BCUT2D eigenvalue weighted by molar-refractivity contribution is 5.05. The van der Waals surface area contributed by atoms with Crippen LogP contribution in [0, 0.1) is 22.7 Å². The molecule has 104 valence electrons. The molecule has 2 atom stereocenters. The van der Waals surface area contributed by atoms with Crippen LogP contribution in [0.3, 0.4) is 0 Å². The summed E-state index contributed by atoms with van der Waals surface area (Å²) >= 11 is 0. The molecule has 1 aliphatic carbocycles. The summed E-state index contributed by atoms with van der Waals surface area (Å²) in [4.78, 5) is 2.76. The lowest BCUT2D eigenvalue weighted by atomic mass is 9.80. The largest absolute Gasteiger partial charge is 0.317 e. The molecular weight excluding hydrogens is 220 g/mol. The van der Waals surface area contributed by atoms with Crippen LogP contribution in [-0.2, 0) is 0 Å². The minimum atomic E-state index is 0.505. The summed E-state index contributed by atoms with van der Waals surface area (Å²) in [7, 11) is 0. The lowest BCUT2D eigenvalue weighted by Crippen LogP contribution is -2.32. The van der Waals surface area contributed by atoms with Crippen molar-refractivity contribution in [2.75, 3.05) is 32.7 Å². The minimum Gasteiger partial charge on any atom is -0.317 e. The van der Waals surface area contributed by atoms with E-state index < -0.39 is 0 Å². The van der Waals surface area contributed by atoms with Gasteiger partial charge in [0.25, 0.3) is 0 Å². The molecule has 18 heavy (non-hydrogen) atoms. The Bertz CT molecular complexity index is 299. The van der Waals surface area contributed by atoms with Crippen molar-refractivity contribution >= 4 is 0 Å². The first-order valence-electron chi connectivity index (χ1n) is 7.93. The highest BCUT2D eigenvalue weighted by atomic mass is 15.2. The van der Waals surface area contributed by atoms with E-state index in [0.717, 1.165) is 17.3 Å². The number of piperidine rings is 1. The molecule has 2 saturated heterocycles. The monoisotopic (exact) mass is 250 g/mol. The Labute approximate surface area is 113 Å². The molecule has 2 heterocycles. The van der Waals surface area contributed by atoms with Crippen LogP contribution in [0.5, 0.6) is 0 Å². The molecule has 3 rings (SSSR count). The number of nitrogens with one attached hydrogen (secondary N) is 1. The van der Waals surface area contributed by atoms with Crippen molar-refractivity contribution in [3.63, 3.8) is 0 Å². The van der Waals surface area contributed by atoms with E-state index in [-0.39, 0.29) is 0 Å². The number of hydrogen-bond donors (Lipinski definition) is 1. The van der Waals surface area contributed by atoms with E-state index in [4.69, 9.17) is 0 Å². The van der Waals surface area contributed by atoms with Gasteiger partial charge in [-0.05, 0) is 68.0 Å². The zero-order valence-electron chi connectivity index (χ0n) is 12.5. The fraction of sp³-hybridized carbons (Fsp3) is 1.00. The van der Waals surface area contributed by atoms with Crippen molar-refractivity contribution in [1.29, 1.82) is 0 Å². The Morgan fingerprint density at radius 3 is 2.56 bits per heavy atom. The minimum absolute atomic E-state index is 0.505. The van der Waals surface area contributed by atoms with Gasteiger partial charge >= 0.3 is 0 Å². The van der Waals surface area contributed by atoms with Crippen LogP contribution in [-0.4, -0.2) is 37.6 Å². The summed E-state index contributed by atoms with van der Waals surface area (Å²) in [6.07, 6.45) is 5.82. The third-order valence-corrected chi connectivity index (χ3v) is 5.93. The standard InChI is InChI=1S/C16H30N2/c1-15(2,3)13-4-9-18(11-13)12-14-10-16(14)5-7-17-8-6-16/h13-14,17H,4-12H2,1-3H3. The maximum Gasteiger partial charge on any atom is 0.00153 e. The Morgan fingerprint density at radius 1 is 1.22 bits per heavy atom. The molecule has 2 nitrogen and oxygen atoms in total. The Balaban J connectivity index is 1.48. The zero-order valence-corrected chi connectivity index (χ0v) is 12.5. The third-order valence-electron chi connectivity index (χ3n) is 5.93. The van der Waals surface area contributed by atoms with Gasteiger partial charge in [-0.3, -0.25) is 0 Å². The van der Waals surface area contributed by atoms with Gasteiger partial charge in [0.15, 0.2) is 0 Å². The lowest BCUT2D eigenvalue weighted by Gasteiger charge is -2.28. The van der Waals surface area contributed by atoms with Gasteiger partial charge in [0.05, 0.1) is 0 Å². The summed E-state index contributed by atoms with van der Waals surface area (Å²) in [5.74, 6) is 1.94. The molecule has 2 aliphatic heterocycles. The smallest absolute Gasteiger partial charge is 0.00153 e. The van der Waals surface area contributed by atoms with Gasteiger partial charge < -0.3 is 10.2 Å². The molecule has 3 aliphatic rings. The molecule has 2 unspecified atom stereocenters. The van der Waals surface area contributed by atoms with Crippen LogP contribution in [0.1, 0.15) is 46.5 Å². The quantitative estimate of drug-likeness (QED) is 0.811. The van der Waals surface area contributed by atoms with Gasteiger partial charge in [-0.2, -0.15) is 0 Å². The van der Waals surface area contributed by atoms with Gasteiger partial charge in [0.2, 0.25) is 0 Å². The predicted octanol–water partition coefficient (Wildman–Crippen LogP) is 2.74. The van der Waals surface area contributed by atoms with E-state index in [1.807, 2.05) is 0 Å². The molecule has 1 spiro atoms. The zero-order chi connectivity index (χ0) is 12.8. The first kappa shape index (κ1) is 12.9. The van der Waals surface area contributed by atoms with Crippen molar-refractivity contribution in [3.8, 4) is 0 Å². The fourth-order valence-electron chi connectivity index (χ4n) is 4.24. The van der Waals surface area contributed by atoms with E-state index >= 15 is 0 Å². The average Bonchev–Trinajstić information content (AvgIpc) is 2.76. The van der Waals surface area contributed by atoms with E-state index in [1.54, 1.807) is 0 Å². The van der Waals surface area contributed by atoms with E-state index in [9.17, 15) is 0 Å². The van der Waals surface area contributed by atoms with Crippen molar-refractivity contribution in [2.24, 2.45) is 22.7 Å². The van der Waals surface area contributed by atoms with Crippen LogP contribution >= 0.6 is 0 Å². The van der Waals surface area contributed by atoms with Gasteiger partial charge in [0, 0.05) is 13.1 Å². The molecule has 0 radical (unpaired) electrons. The van der Waals surface area contributed by atoms with Crippen molar-refractivity contribution in [3.05, 3.63) is 0 Å². The molecule has 0 aromatic heterocycles. The molecule has 0 amide bonds. The second-order valence-corrected chi connectivity index (χ2v) is 8.12. The second kappa shape index (κ2) is 4.49. The molecule has 2 heteroatoms. The van der Waals surface area contributed by atoms with Crippen LogP contribution in [0.2, 0.25) is 0 Å². The molecule has 0 aromatic carbocycles. The molecule has 1 saturated carbocycles. The summed E-state index contributed by atoms with van der Waals surface area (Å²) in [5.41, 5.74) is 1.27. The maximum atomic E-state index is 3.51. The highest BCUT2D eigenvalue weighted by Gasteiger charge is 2.54. The number of rotatable bonds is 2. The second-order valence-electron chi connectivity index (χ2n) is 8.12. The first-order chi connectivity index (χ1) is 8.50. The SMILES string of the molecule is CC(C)(C)C1CCN(CC2CC23CCNCC3)C1. The molecule has 0 bridgehead atoms. The number of nitrogens with zero attached hydrogens (tertiary/aromatic N) is 1. The first-order valence-corrected chi connectivity index (χ1v) is 7.93. The van der Waals surface area contributed by atoms with Crippen molar-refractivity contribution in [2.45, 2.75) is 46.5 Å². The molecular formula is C16H30N2. The lowest BCUT2D eigenvalue weighted by molar-refractivity contribution is 0.215. The van der Waals surface area contributed by atoms with Crippen molar-refractivity contribution in [1.82, 2.24) is 10.2 Å². The topological polar surface area (TPSA) is 15.3 Å². The summed E-state index contributed by atoms with van der Waals surface area (Å²) in [6, 6.07) is 0. The molecule has 1 N–H and O–H groups in total. The summed E-state index contributed by atoms with van der Waals surface area (Å²) < 4.78 is 0. The van der Waals surface area contributed by atoms with Gasteiger partial charge in [-0.15, -0.1) is 0 Å².